The van der Waals surface area contributed by atoms with Gasteiger partial charge in [-0.05, 0) is 31.0 Å². The molecule has 0 fully saturated rings. The van der Waals surface area contributed by atoms with E-state index >= 15 is 0 Å². The summed E-state index contributed by atoms with van der Waals surface area (Å²) in [6.07, 6.45) is 0. The lowest BCUT2D eigenvalue weighted by molar-refractivity contribution is 1.10. The molecule has 1 aromatic carbocycles. The van der Waals surface area contributed by atoms with Crippen LogP contribution in [0.25, 0.3) is 0 Å². The van der Waals surface area contributed by atoms with Gasteiger partial charge in [0.15, 0.2) is 0 Å². The van der Waals surface area contributed by atoms with E-state index in [0.29, 0.717) is 5.25 Å². The standard InChI is InChI=1S/C11H16S/c1-8(2)12-11-7-5-6-9(3)10(11)4/h5-8H,1-4H3. The molecular formula is C11H16S. The summed E-state index contributed by atoms with van der Waals surface area (Å²) in [5, 5.41) is 0.672. The lowest BCUT2D eigenvalue weighted by Gasteiger charge is -2.09. The minimum Gasteiger partial charge on any atom is -0.123 e. The van der Waals surface area contributed by atoms with Crippen molar-refractivity contribution in [1.29, 1.82) is 0 Å². The second-order valence-corrected chi connectivity index (χ2v) is 4.98. The summed E-state index contributed by atoms with van der Waals surface area (Å²) in [5.41, 5.74) is 2.82. The van der Waals surface area contributed by atoms with Crippen LogP contribution in [0, 0.1) is 13.8 Å². The van der Waals surface area contributed by atoms with Crippen molar-refractivity contribution in [3.8, 4) is 0 Å². The molecule has 66 valence electrons. The Hall–Kier alpha value is -0.430. The summed E-state index contributed by atoms with van der Waals surface area (Å²) >= 11 is 1.94. The molecule has 0 saturated carbocycles. The molecule has 0 radical (unpaired) electrons. The maximum absolute atomic E-state index is 2.23. The van der Waals surface area contributed by atoms with Gasteiger partial charge in [-0.2, -0.15) is 0 Å². The van der Waals surface area contributed by atoms with Crippen molar-refractivity contribution in [1.82, 2.24) is 0 Å². The number of hydrogen-bond donors (Lipinski definition) is 0. The first-order valence-corrected chi connectivity index (χ1v) is 5.22. The van der Waals surface area contributed by atoms with Gasteiger partial charge in [-0.1, -0.05) is 26.0 Å². The number of aryl methyl sites for hydroxylation is 1. The molecule has 0 spiro atoms. The summed E-state index contributed by atoms with van der Waals surface area (Å²) in [4.78, 5) is 1.42. The van der Waals surface area contributed by atoms with Crippen LogP contribution in [0.1, 0.15) is 25.0 Å². The van der Waals surface area contributed by atoms with E-state index in [0.717, 1.165) is 0 Å². The predicted molar refractivity (Wildman–Crippen MR) is 56.9 cm³/mol. The molecule has 0 unspecified atom stereocenters. The molecule has 0 saturated heterocycles. The van der Waals surface area contributed by atoms with Crippen LogP contribution in [-0.4, -0.2) is 5.25 Å². The Kier molecular flexibility index (Phi) is 3.21. The van der Waals surface area contributed by atoms with Gasteiger partial charge < -0.3 is 0 Å². The van der Waals surface area contributed by atoms with Gasteiger partial charge in [0.2, 0.25) is 0 Å². The maximum Gasteiger partial charge on any atom is 0.0106 e. The molecule has 1 aromatic rings. The molecule has 0 aliphatic carbocycles. The molecular weight excluding hydrogens is 164 g/mol. The fourth-order valence-corrected chi connectivity index (χ4v) is 2.11. The minimum absolute atomic E-state index is 0.672. The third-order valence-corrected chi connectivity index (χ3v) is 3.09. The smallest absolute Gasteiger partial charge is 0.0106 e. The highest BCUT2D eigenvalue weighted by atomic mass is 32.2. The second kappa shape index (κ2) is 3.99. The van der Waals surface area contributed by atoms with Gasteiger partial charge in [0.05, 0.1) is 0 Å². The van der Waals surface area contributed by atoms with E-state index < -0.39 is 0 Å². The van der Waals surface area contributed by atoms with Crippen molar-refractivity contribution in [2.24, 2.45) is 0 Å². The van der Waals surface area contributed by atoms with Crippen LogP contribution in [0.15, 0.2) is 23.1 Å². The largest absolute Gasteiger partial charge is 0.123 e. The molecule has 0 amide bonds. The van der Waals surface area contributed by atoms with E-state index in [1.54, 1.807) is 0 Å². The van der Waals surface area contributed by atoms with E-state index in [1.165, 1.54) is 16.0 Å². The van der Waals surface area contributed by atoms with Crippen LogP contribution in [0.4, 0.5) is 0 Å². The second-order valence-electron chi connectivity index (χ2n) is 3.36. The lowest BCUT2D eigenvalue weighted by Crippen LogP contribution is -1.90. The zero-order valence-electron chi connectivity index (χ0n) is 8.22. The molecule has 1 heteroatoms. The normalized spacial score (nSPS) is 10.8. The number of thioether (sulfide) groups is 1. The first-order valence-electron chi connectivity index (χ1n) is 4.34. The molecule has 0 heterocycles. The molecule has 0 aliphatic heterocycles. The summed E-state index contributed by atoms with van der Waals surface area (Å²) in [7, 11) is 0. The Morgan fingerprint density at radius 3 is 2.42 bits per heavy atom. The van der Waals surface area contributed by atoms with Crippen molar-refractivity contribution in [2.75, 3.05) is 0 Å². The summed E-state index contributed by atoms with van der Waals surface area (Å²) in [6.45, 7) is 8.82. The van der Waals surface area contributed by atoms with E-state index in [-0.39, 0.29) is 0 Å². The Balaban J connectivity index is 2.92. The van der Waals surface area contributed by atoms with Crippen LogP contribution in [0.2, 0.25) is 0 Å². The van der Waals surface area contributed by atoms with E-state index in [9.17, 15) is 0 Å². The maximum atomic E-state index is 2.23. The summed E-state index contributed by atoms with van der Waals surface area (Å²) < 4.78 is 0. The van der Waals surface area contributed by atoms with Crippen LogP contribution < -0.4 is 0 Å². The van der Waals surface area contributed by atoms with Gasteiger partial charge in [-0.3, -0.25) is 0 Å². The van der Waals surface area contributed by atoms with Gasteiger partial charge in [-0.15, -0.1) is 11.8 Å². The number of hydrogen-bond acceptors (Lipinski definition) is 1. The Morgan fingerprint density at radius 1 is 1.17 bits per heavy atom. The van der Waals surface area contributed by atoms with Gasteiger partial charge in [-0.25, -0.2) is 0 Å². The third-order valence-electron chi connectivity index (χ3n) is 1.92. The first kappa shape index (κ1) is 9.66. The predicted octanol–water partition coefficient (Wildman–Crippen LogP) is 3.80. The van der Waals surface area contributed by atoms with Crippen molar-refractivity contribution in [3.63, 3.8) is 0 Å². The molecule has 0 atom stereocenters. The summed E-state index contributed by atoms with van der Waals surface area (Å²) in [5.74, 6) is 0. The zero-order chi connectivity index (χ0) is 9.14. The number of rotatable bonds is 2. The van der Waals surface area contributed by atoms with Crippen LogP contribution in [-0.2, 0) is 0 Å². The topological polar surface area (TPSA) is 0 Å². The Bertz CT molecular complexity index is 264. The highest BCUT2D eigenvalue weighted by Crippen LogP contribution is 2.27. The van der Waals surface area contributed by atoms with Gasteiger partial charge in [0.25, 0.3) is 0 Å². The lowest BCUT2D eigenvalue weighted by atomic mass is 10.1. The Labute approximate surface area is 79.4 Å². The van der Waals surface area contributed by atoms with Gasteiger partial charge in [0, 0.05) is 10.1 Å². The van der Waals surface area contributed by atoms with Crippen molar-refractivity contribution in [2.45, 2.75) is 37.8 Å². The molecule has 0 nitrogen and oxygen atoms in total. The molecule has 0 bridgehead atoms. The van der Waals surface area contributed by atoms with Crippen molar-refractivity contribution in [3.05, 3.63) is 29.3 Å². The molecule has 0 aromatic heterocycles. The van der Waals surface area contributed by atoms with E-state index in [4.69, 9.17) is 0 Å². The van der Waals surface area contributed by atoms with Gasteiger partial charge in [0.1, 0.15) is 0 Å². The number of benzene rings is 1. The quantitative estimate of drug-likeness (QED) is 0.624. The first-order chi connectivity index (χ1) is 5.61. The third kappa shape index (κ3) is 2.28. The average molecular weight is 180 g/mol. The van der Waals surface area contributed by atoms with Crippen molar-refractivity contribution >= 4 is 11.8 Å². The van der Waals surface area contributed by atoms with Crippen LogP contribution in [0.5, 0.6) is 0 Å². The summed E-state index contributed by atoms with van der Waals surface area (Å²) in [6, 6.07) is 6.50. The average Bonchev–Trinajstić information content (AvgIpc) is 1.98. The van der Waals surface area contributed by atoms with Crippen LogP contribution >= 0.6 is 11.8 Å². The van der Waals surface area contributed by atoms with E-state index in [1.807, 2.05) is 11.8 Å². The van der Waals surface area contributed by atoms with Crippen LogP contribution in [0.3, 0.4) is 0 Å². The van der Waals surface area contributed by atoms with Crippen molar-refractivity contribution < 1.29 is 0 Å². The van der Waals surface area contributed by atoms with Gasteiger partial charge >= 0.3 is 0 Å². The molecule has 0 aliphatic rings. The monoisotopic (exact) mass is 180 g/mol. The highest BCUT2D eigenvalue weighted by Gasteiger charge is 2.02. The SMILES string of the molecule is Cc1cccc(SC(C)C)c1C. The van der Waals surface area contributed by atoms with E-state index in [2.05, 4.69) is 45.9 Å². The fourth-order valence-electron chi connectivity index (χ4n) is 1.11. The molecule has 0 N–H and O–H groups in total. The minimum atomic E-state index is 0.672. The molecule has 1 rings (SSSR count). The molecule has 12 heavy (non-hydrogen) atoms. The fraction of sp³-hybridized carbons (Fsp3) is 0.455. The Morgan fingerprint density at radius 2 is 1.83 bits per heavy atom. The zero-order valence-corrected chi connectivity index (χ0v) is 9.03. The highest BCUT2D eigenvalue weighted by molar-refractivity contribution is 8.00.